The van der Waals surface area contributed by atoms with Crippen molar-refractivity contribution in [2.75, 3.05) is 0 Å². The third-order valence-corrected chi connectivity index (χ3v) is 9.30. The fourth-order valence-corrected chi connectivity index (χ4v) is 7.56. The number of phenols is 1. The first kappa shape index (κ1) is 22.5. The van der Waals surface area contributed by atoms with Gasteiger partial charge in [0.25, 0.3) is 0 Å². The molecule has 5 atom stereocenters. The lowest BCUT2D eigenvalue weighted by molar-refractivity contribution is -0.153. The van der Waals surface area contributed by atoms with E-state index in [1.165, 1.54) is 23.1 Å². The van der Waals surface area contributed by atoms with Gasteiger partial charge < -0.3 is 14.7 Å². The number of esters is 1. The van der Waals surface area contributed by atoms with Crippen LogP contribution in [0.3, 0.4) is 0 Å². The Bertz CT molecular complexity index is 1170. The highest BCUT2D eigenvalue weighted by molar-refractivity contribution is 5.89. The molecular formula is C31H35NO3. The number of ether oxygens (including phenoxy) is 1. The van der Waals surface area contributed by atoms with Gasteiger partial charge >= 0.3 is 5.97 Å². The summed E-state index contributed by atoms with van der Waals surface area (Å²) in [6.07, 6.45) is 13.3. The number of benzene rings is 2. The Hall–Kier alpha value is -3.01. The topological polar surface area (TPSA) is 49.8 Å². The van der Waals surface area contributed by atoms with E-state index in [1.807, 2.05) is 36.5 Å². The van der Waals surface area contributed by atoms with E-state index in [0.29, 0.717) is 29.9 Å². The first-order valence-electron chi connectivity index (χ1n) is 13.2. The summed E-state index contributed by atoms with van der Waals surface area (Å²) < 4.78 is 6.29. The number of rotatable bonds is 4. The second-order valence-electron chi connectivity index (χ2n) is 11.2. The molecule has 2 fully saturated rings. The Labute approximate surface area is 208 Å². The van der Waals surface area contributed by atoms with Gasteiger partial charge in [0.05, 0.1) is 5.57 Å². The predicted molar refractivity (Wildman–Crippen MR) is 136 cm³/mol. The summed E-state index contributed by atoms with van der Waals surface area (Å²) in [6, 6.07) is 16.3. The number of fused-ring (bicyclic) bond motifs is 5. The zero-order chi connectivity index (χ0) is 24.0. The van der Waals surface area contributed by atoms with E-state index >= 15 is 0 Å². The minimum Gasteiger partial charge on any atom is -0.508 e. The quantitative estimate of drug-likeness (QED) is 0.522. The number of aryl methyl sites for hydroxylation is 1. The highest BCUT2D eigenvalue weighted by atomic mass is 16.5. The van der Waals surface area contributed by atoms with Gasteiger partial charge in [-0.3, -0.25) is 0 Å². The molecule has 1 aliphatic heterocycles. The fourth-order valence-electron chi connectivity index (χ4n) is 7.56. The molecule has 6 rings (SSSR count). The molecule has 0 saturated heterocycles. The Morgan fingerprint density at radius 3 is 2.83 bits per heavy atom. The predicted octanol–water partition coefficient (Wildman–Crippen LogP) is 6.46. The molecule has 0 amide bonds. The maximum absolute atomic E-state index is 13.3. The third-order valence-electron chi connectivity index (χ3n) is 9.30. The molecule has 182 valence electrons. The lowest BCUT2D eigenvalue weighted by Crippen LogP contribution is -2.45. The Morgan fingerprint density at radius 2 is 1.97 bits per heavy atom. The number of carbonyl (C=O) groups is 1. The molecular weight excluding hydrogens is 434 g/mol. The van der Waals surface area contributed by atoms with Crippen LogP contribution in [0, 0.1) is 17.3 Å². The minimum atomic E-state index is -0.147. The Kier molecular flexibility index (Phi) is 5.70. The van der Waals surface area contributed by atoms with Crippen molar-refractivity contribution in [1.29, 1.82) is 0 Å². The van der Waals surface area contributed by atoms with Crippen molar-refractivity contribution in [1.82, 2.24) is 4.90 Å². The van der Waals surface area contributed by atoms with Gasteiger partial charge in [-0.15, -0.1) is 0 Å². The van der Waals surface area contributed by atoms with Crippen molar-refractivity contribution >= 4 is 5.97 Å². The molecule has 1 N–H and O–H groups in total. The van der Waals surface area contributed by atoms with E-state index in [9.17, 15) is 9.90 Å². The van der Waals surface area contributed by atoms with Crippen LogP contribution >= 0.6 is 0 Å². The summed E-state index contributed by atoms with van der Waals surface area (Å²) in [4.78, 5) is 15.4. The lowest BCUT2D eigenvalue weighted by Gasteiger charge is -2.50. The molecule has 4 aliphatic rings. The van der Waals surface area contributed by atoms with Gasteiger partial charge in [0.2, 0.25) is 0 Å². The first-order valence-corrected chi connectivity index (χ1v) is 13.2. The van der Waals surface area contributed by atoms with E-state index in [4.69, 9.17) is 4.74 Å². The van der Waals surface area contributed by atoms with Crippen LogP contribution in [0.2, 0.25) is 0 Å². The second-order valence-corrected chi connectivity index (χ2v) is 11.2. The second kappa shape index (κ2) is 8.89. The molecule has 0 bridgehead atoms. The van der Waals surface area contributed by atoms with Crippen LogP contribution in [0.1, 0.15) is 68.1 Å². The zero-order valence-corrected chi connectivity index (χ0v) is 20.5. The van der Waals surface area contributed by atoms with E-state index in [-0.39, 0.29) is 17.5 Å². The average molecular weight is 470 g/mol. The van der Waals surface area contributed by atoms with Crippen LogP contribution in [0.4, 0.5) is 0 Å². The summed E-state index contributed by atoms with van der Waals surface area (Å²) in [5, 5.41) is 9.93. The van der Waals surface area contributed by atoms with Crippen LogP contribution in [-0.2, 0) is 22.5 Å². The molecule has 4 nitrogen and oxygen atoms in total. The van der Waals surface area contributed by atoms with Gasteiger partial charge in [0.15, 0.2) is 0 Å². The smallest absolute Gasteiger partial charge is 0.336 e. The highest BCUT2D eigenvalue weighted by Crippen LogP contribution is 2.61. The SMILES string of the molecule is C[C@]12CC[C@@H]3c4ccc(O)cc4CC[C@H]3[C@@H]1CC[C@H]2OC(=O)C1=CN(Cc2ccccc2)C=CC1. The van der Waals surface area contributed by atoms with E-state index in [0.717, 1.165) is 44.2 Å². The first-order chi connectivity index (χ1) is 17.0. The summed E-state index contributed by atoms with van der Waals surface area (Å²) in [5.41, 5.74) is 4.79. The zero-order valence-electron chi connectivity index (χ0n) is 20.5. The molecule has 2 aromatic rings. The molecule has 1 heterocycles. The Morgan fingerprint density at radius 1 is 1.11 bits per heavy atom. The molecule has 2 saturated carbocycles. The van der Waals surface area contributed by atoms with Gasteiger partial charge in [-0.1, -0.05) is 49.4 Å². The van der Waals surface area contributed by atoms with Crippen LogP contribution in [0.25, 0.3) is 0 Å². The van der Waals surface area contributed by atoms with E-state index < -0.39 is 0 Å². The summed E-state index contributed by atoms with van der Waals surface area (Å²) in [7, 11) is 0. The van der Waals surface area contributed by atoms with Crippen LogP contribution in [-0.4, -0.2) is 22.1 Å². The van der Waals surface area contributed by atoms with Crippen molar-refractivity contribution < 1.29 is 14.6 Å². The standard InChI is InChI=1S/C31H35NO3/c1-31-16-15-26-25-12-10-24(33)18-22(25)9-11-27(26)28(31)13-14-29(31)35-30(34)23-8-5-17-32(20-23)19-21-6-3-2-4-7-21/h2-7,10,12,17-18,20,26-29,33H,8-9,11,13-16,19H2,1H3/t26-,27-,28+,29-,31+/m1/s1. The van der Waals surface area contributed by atoms with E-state index in [2.05, 4.69) is 42.3 Å². The molecule has 0 unspecified atom stereocenters. The molecule has 35 heavy (non-hydrogen) atoms. The Balaban J connectivity index is 1.15. The number of hydrogen-bond donors (Lipinski definition) is 1. The number of aromatic hydroxyl groups is 1. The number of allylic oxidation sites excluding steroid dienone is 1. The van der Waals surface area contributed by atoms with Gasteiger partial charge in [0, 0.05) is 30.8 Å². The number of carbonyl (C=O) groups excluding carboxylic acids is 1. The molecule has 2 aromatic carbocycles. The summed E-state index contributed by atoms with van der Waals surface area (Å²) in [6.45, 7) is 3.13. The molecule has 4 heteroatoms. The fraction of sp³-hybridized carbons (Fsp3) is 0.452. The van der Waals surface area contributed by atoms with Crippen LogP contribution in [0.15, 0.2) is 72.6 Å². The van der Waals surface area contributed by atoms with Crippen molar-refractivity contribution in [3.63, 3.8) is 0 Å². The van der Waals surface area contributed by atoms with E-state index in [1.54, 1.807) is 0 Å². The maximum atomic E-state index is 13.3. The largest absolute Gasteiger partial charge is 0.508 e. The third kappa shape index (κ3) is 4.07. The number of hydrogen-bond acceptors (Lipinski definition) is 4. The van der Waals surface area contributed by atoms with Crippen molar-refractivity contribution in [3.8, 4) is 5.75 Å². The van der Waals surface area contributed by atoms with Gasteiger partial charge in [0.1, 0.15) is 11.9 Å². The molecule has 0 spiro atoms. The monoisotopic (exact) mass is 469 g/mol. The van der Waals surface area contributed by atoms with Crippen molar-refractivity contribution in [2.24, 2.45) is 17.3 Å². The minimum absolute atomic E-state index is 0.00320. The summed E-state index contributed by atoms with van der Waals surface area (Å²) in [5.74, 6) is 2.05. The lowest BCUT2D eigenvalue weighted by atomic mass is 9.55. The normalized spacial score (nSPS) is 31.2. The average Bonchev–Trinajstić information content (AvgIpc) is 3.20. The molecule has 0 aromatic heterocycles. The highest BCUT2D eigenvalue weighted by Gasteiger charge is 2.56. The van der Waals surface area contributed by atoms with Gasteiger partial charge in [-0.2, -0.15) is 0 Å². The number of phenolic OH excluding ortho intramolecular Hbond substituents is 1. The van der Waals surface area contributed by atoms with Gasteiger partial charge in [-0.05, 0) is 85.1 Å². The van der Waals surface area contributed by atoms with Gasteiger partial charge in [-0.25, -0.2) is 4.79 Å². The summed E-state index contributed by atoms with van der Waals surface area (Å²) >= 11 is 0. The van der Waals surface area contributed by atoms with Crippen molar-refractivity contribution in [2.45, 2.75) is 70.4 Å². The van der Waals surface area contributed by atoms with Crippen molar-refractivity contribution in [3.05, 3.63) is 89.3 Å². The molecule has 0 radical (unpaired) electrons. The molecule has 3 aliphatic carbocycles. The van der Waals surface area contributed by atoms with Crippen LogP contribution < -0.4 is 0 Å². The maximum Gasteiger partial charge on any atom is 0.336 e. The van der Waals surface area contributed by atoms with Crippen LogP contribution in [0.5, 0.6) is 5.75 Å². The number of nitrogens with zero attached hydrogens (tertiary/aromatic N) is 1.